The molecule has 0 radical (unpaired) electrons. The zero-order valence-corrected chi connectivity index (χ0v) is 10.7. The number of carbonyl (C=O) groups excluding carboxylic acids is 2. The second-order valence-electron chi connectivity index (χ2n) is 4.82. The highest BCUT2D eigenvalue weighted by atomic mass is 16.3. The number of rotatable bonds is 2. The number of hydrogen-bond acceptors (Lipinski definition) is 3. The topological polar surface area (TPSA) is 76.5 Å². The average Bonchev–Trinajstić information content (AvgIpc) is 2.67. The third-order valence-electron chi connectivity index (χ3n) is 3.38. The average molecular weight is 250 g/mol. The molecule has 1 fully saturated rings. The molecule has 2 amide bonds. The lowest BCUT2D eigenvalue weighted by Crippen LogP contribution is -2.44. The van der Waals surface area contributed by atoms with Crippen molar-refractivity contribution in [1.82, 2.24) is 4.90 Å². The maximum atomic E-state index is 12.3. The Morgan fingerprint density at radius 3 is 2.72 bits per heavy atom. The fraction of sp³-hybridized carbons (Fsp3) is 0.538. The lowest BCUT2D eigenvalue weighted by molar-refractivity contribution is -0.123. The lowest BCUT2D eigenvalue weighted by atomic mass is 9.97. The summed E-state index contributed by atoms with van der Waals surface area (Å²) < 4.78 is 5.36. The molecule has 1 atom stereocenters. The fourth-order valence-corrected chi connectivity index (χ4v) is 2.41. The predicted octanol–water partition coefficient (Wildman–Crippen LogP) is 1.23. The molecular formula is C13H18N2O3. The van der Waals surface area contributed by atoms with Crippen LogP contribution in [0.3, 0.4) is 0 Å². The van der Waals surface area contributed by atoms with E-state index in [0.29, 0.717) is 24.4 Å². The van der Waals surface area contributed by atoms with E-state index in [1.807, 2.05) is 6.92 Å². The first-order valence-corrected chi connectivity index (χ1v) is 6.14. The molecule has 2 N–H and O–H groups in total. The zero-order chi connectivity index (χ0) is 13.3. The summed E-state index contributed by atoms with van der Waals surface area (Å²) in [4.78, 5) is 25.2. The summed E-state index contributed by atoms with van der Waals surface area (Å²) in [6.07, 6.45) is 1.58. The van der Waals surface area contributed by atoms with Gasteiger partial charge in [0.25, 0.3) is 5.91 Å². The number of amides is 2. The van der Waals surface area contributed by atoms with Crippen LogP contribution in [0, 0.1) is 19.8 Å². The second-order valence-corrected chi connectivity index (χ2v) is 4.82. The lowest BCUT2D eigenvalue weighted by Gasteiger charge is -2.31. The minimum Gasteiger partial charge on any atom is -0.466 e. The van der Waals surface area contributed by atoms with Crippen LogP contribution in [-0.2, 0) is 4.79 Å². The zero-order valence-electron chi connectivity index (χ0n) is 10.7. The number of likely N-dealkylation sites (tertiary alicyclic amines) is 1. The van der Waals surface area contributed by atoms with E-state index in [2.05, 4.69) is 0 Å². The van der Waals surface area contributed by atoms with Gasteiger partial charge in [0.15, 0.2) is 0 Å². The molecule has 2 rings (SSSR count). The third-order valence-corrected chi connectivity index (χ3v) is 3.38. The highest BCUT2D eigenvalue weighted by Crippen LogP contribution is 2.21. The summed E-state index contributed by atoms with van der Waals surface area (Å²) in [6, 6.07) is 1.74. The standard InChI is InChI=1S/C13H18N2O3/c1-8-6-11(9(2)18-8)13(17)15-5-3-4-10(7-15)12(14)16/h6,10H,3-5,7H2,1-2H3,(H2,14,16). The fourth-order valence-electron chi connectivity index (χ4n) is 2.41. The largest absolute Gasteiger partial charge is 0.466 e. The van der Waals surface area contributed by atoms with Gasteiger partial charge < -0.3 is 15.1 Å². The van der Waals surface area contributed by atoms with Gasteiger partial charge in [0.05, 0.1) is 11.5 Å². The van der Waals surface area contributed by atoms with Crippen molar-refractivity contribution in [3.63, 3.8) is 0 Å². The Balaban J connectivity index is 2.14. The minimum atomic E-state index is -0.326. The molecule has 98 valence electrons. The molecule has 0 saturated carbocycles. The minimum absolute atomic E-state index is 0.0738. The van der Waals surface area contributed by atoms with Gasteiger partial charge in [-0.05, 0) is 32.8 Å². The van der Waals surface area contributed by atoms with Crippen LogP contribution in [0.4, 0.5) is 0 Å². The van der Waals surface area contributed by atoms with E-state index in [-0.39, 0.29) is 17.7 Å². The summed E-state index contributed by atoms with van der Waals surface area (Å²) in [5, 5.41) is 0. The number of hydrogen-bond donors (Lipinski definition) is 1. The van der Waals surface area contributed by atoms with Crippen molar-refractivity contribution < 1.29 is 14.0 Å². The number of primary amides is 1. The molecule has 1 aromatic rings. The Labute approximate surface area is 106 Å². The highest BCUT2D eigenvalue weighted by molar-refractivity contribution is 5.95. The van der Waals surface area contributed by atoms with Crippen LogP contribution >= 0.6 is 0 Å². The Kier molecular flexibility index (Phi) is 3.41. The molecule has 0 bridgehead atoms. The number of nitrogens with two attached hydrogens (primary N) is 1. The molecule has 1 unspecified atom stereocenters. The van der Waals surface area contributed by atoms with Crippen LogP contribution in [0.2, 0.25) is 0 Å². The van der Waals surface area contributed by atoms with Gasteiger partial charge in [0.1, 0.15) is 11.5 Å². The van der Waals surface area contributed by atoms with E-state index < -0.39 is 0 Å². The molecule has 0 spiro atoms. The molecule has 1 saturated heterocycles. The van der Waals surface area contributed by atoms with Crippen LogP contribution in [0.1, 0.15) is 34.7 Å². The Morgan fingerprint density at radius 1 is 1.44 bits per heavy atom. The molecule has 1 aliphatic heterocycles. The molecule has 0 aromatic carbocycles. The van der Waals surface area contributed by atoms with E-state index in [4.69, 9.17) is 10.2 Å². The van der Waals surface area contributed by atoms with Crippen molar-refractivity contribution >= 4 is 11.8 Å². The van der Waals surface area contributed by atoms with Gasteiger partial charge in [-0.2, -0.15) is 0 Å². The molecule has 1 aromatic heterocycles. The summed E-state index contributed by atoms with van der Waals surface area (Å²) in [5.41, 5.74) is 5.89. The van der Waals surface area contributed by atoms with E-state index in [0.717, 1.165) is 18.6 Å². The Bertz CT molecular complexity index is 479. The van der Waals surface area contributed by atoms with Crippen LogP contribution in [0.25, 0.3) is 0 Å². The monoisotopic (exact) mass is 250 g/mol. The SMILES string of the molecule is Cc1cc(C(=O)N2CCCC(C(N)=O)C2)c(C)o1. The van der Waals surface area contributed by atoms with Crippen molar-refractivity contribution in [2.45, 2.75) is 26.7 Å². The van der Waals surface area contributed by atoms with Gasteiger partial charge in [-0.1, -0.05) is 0 Å². The van der Waals surface area contributed by atoms with Crippen molar-refractivity contribution in [3.8, 4) is 0 Å². The normalized spacial score (nSPS) is 19.9. The number of nitrogens with zero attached hydrogens (tertiary/aromatic N) is 1. The van der Waals surface area contributed by atoms with Gasteiger partial charge in [0.2, 0.25) is 5.91 Å². The van der Waals surface area contributed by atoms with Crippen LogP contribution < -0.4 is 5.73 Å². The molecular weight excluding hydrogens is 232 g/mol. The summed E-state index contributed by atoms with van der Waals surface area (Å²) in [6.45, 7) is 4.67. The predicted molar refractivity (Wildman–Crippen MR) is 66.0 cm³/mol. The molecule has 5 nitrogen and oxygen atoms in total. The van der Waals surface area contributed by atoms with E-state index >= 15 is 0 Å². The van der Waals surface area contributed by atoms with E-state index in [1.165, 1.54) is 0 Å². The van der Waals surface area contributed by atoms with Gasteiger partial charge >= 0.3 is 0 Å². The first-order valence-electron chi connectivity index (χ1n) is 6.14. The first kappa shape index (κ1) is 12.7. The van der Waals surface area contributed by atoms with E-state index in [1.54, 1.807) is 17.9 Å². The molecule has 5 heteroatoms. The smallest absolute Gasteiger partial charge is 0.257 e. The van der Waals surface area contributed by atoms with Crippen molar-refractivity contribution in [2.75, 3.05) is 13.1 Å². The summed E-state index contributed by atoms with van der Waals surface area (Å²) >= 11 is 0. The highest BCUT2D eigenvalue weighted by Gasteiger charge is 2.28. The summed E-state index contributed by atoms with van der Waals surface area (Å²) in [7, 11) is 0. The molecule has 0 aliphatic carbocycles. The van der Waals surface area contributed by atoms with Gasteiger partial charge in [-0.3, -0.25) is 9.59 Å². The van der Waals surface area contributed by atoms with Crippen molar-refractivity contribution in [2.24, 2.45) is 11.7 Å². The number of carbonyl (C=O) groups is 2. The second kappa shape index (κ2) is 4.84. The molecule has 1 aliphatic rings. The quantitative estimate of drug-likeness (QED) is 0.857. The maximum absolute atomic E-state index is 12.3. The van der Waals surface area contributed by atoms with Crippen LogP contribution in [0.5, 0.6) is 0 Å². The molecule has 18 heavy (non-hydrogen) atoms. The third kappa shape index (κ3) is 2.39. The first-order chi connectivity index (χ1) is 8.49. The Hall–Kier alpha value is -1.78. The van der Waals surface area contributed by atoms with Gasteiger partial charge in [0, 0.05) is 13.1 Å². The van der Waals surface area contributed by atoms with E-state index in [9.17, 15) is 9.59 Å². The number of piperidine rings is 1. The van der Waals surface area contributed by atoms with Crippen molar-refractivity contribution in [3.05, 3.63) is 23.2 Å². The van der Waals surface area contributed by atoms with Crippen LogP contribution in [-0.4, -0.2) is 29.8 Å². The maximum Gasteiger partial charge on any atom is 0.257 e. The van der Waals surface area contributed by atoms with Gasteiger partial charge in [-0.25, -0.2) is 0 Å². The summed E-state index contributed by atoms with van der Waals surface area (Å²) in [5.74, 6) is 0.719. The van der Waals surface area contributed by atoms with Crippen molar-refractivity contribution in [1.29, 1.82) is 0 Å². The van der Waals surface area contributed by atoms with Crippen LogP contribution in [0.15, 0.2) is 10.5 Å². The molecule has 2 heterocycles. The Morgan fingerprint density at radius 2 is 2.17 bits per heavy atom. The number of aryl methyl sites for hydroxylation is 2. The number of furan rings is 1. The van der Waals surface area contributed by atoms with Gasteiger partial charge in [-0.15, -0.1) is 0 Å².